The third-order valence-electron chi connectivity index (χ3n) is 6.69. The van der Waals surface area contributed by atoms with Crippen molar-refractivity contribution >= 4 is 23.5 Å². The Labute approximate surface area is 209 Å². The molecule has 3 nitrogen and oxygen atoms in total. The highest BCUT2D eigenvalue weighted by molar-refractivity contribution is 7.99. The van der Waals surface area contributed by atoms with Crippen molar-refractivity contribution in [1.82, 2.24) is 4.90 Å². The molecule has 0 bridgehead atoms. The van der Waals surface area contributed by atoms with Gasteiger partial charge in [0.25, 0.3) is 0 Å². The number of hydrogen-bond acceptors (Lipinski definition) is 2. The van der Waals surface area contributed by atoms with E-state index in [0.29, 0.717) is 6.54 Å². The van der Waals surface area contributed by atoms with Gasteiger partial charge in [0.2, 0.25) is 0 Å². The van der Waals surface area contributed by atoms with Gasteiger partial charge in [-0.3, -0.25) is 0 Å². The highest BCUT2D eigenvalue weighted by atomic mass is 32.2. The maximum Gasteiger partial charge on any atom is 0.322 e. The molecule has 1 fully saturated rings. The van der Waals surface area contributed by atoms with E-state index in [1.54, 1.807) is 11.8 Å². The molecular formula is C30H36N2OS. The van der Waals surface area contributed by atoms with Crippen LogP contribution in [0, 0.1) is 20.8 Å². The van der Waals surface area contributed by atoms with Crippen LogP contribution in [0.15, 0.2) is 76.5 Å². The molecule has 4 heteroatoms. The van der Waals surface area contributed by atoms with Gasteiger partial charge in [0, 0.05) is 28.1 Å². The fourth-order valence-electron chi connectivity index (χ4n) is 4.98. The van der Waals surface area contributed by atoms with Gasteiger partial charge in [-0.2, -0.15) is 0 Å². The zero-order valence-corrected chi connectivity index (χ0v) is 21.5. The molecule has 3 aromatic rings. The Kier molecular flexibility index (Phi) is 8.34. The molecule has 0 radical (unpaired) electrons. The SMILES string of the molecule is Cc1cc(C)c(NC(=O)N(Cc2ccc(Sc3ccccc3)cc2)C2CCCCCC2)c(C)c1. The normalized spacial score (nSPS) is 14.4. The predicted octanol–water partition coefficient (Wildman–Crippen LogP) is 8.52. The van der Waals surface area contributed by atoms with Gasteiger partial charge >= 0.3 is 6.03 Å². The summed E-state index contributed by atoms with van der Waals surface area (Å²) in [5.41, 5.74) is 5.59. The second kappa shape index (κ2) is 11.6. The van der Waals surface area contributed by atoms with E-state index < -0.39 is 0 Å². The summed E-state index contributed by atoms with van der Waals surface area (Å²) in [5, 5.41) is 3.27. The fourth-order valence-corrected chi connectivity index (χ4v) is 5.81. The summed E-state index contributed by atoms with van der Waals surface area (Å²) >= 11 is 1.77. The van der Waals surface area contributed by atoms with Crippen molar-refractivity contribution in [3.63, 3.8) is 0 Å². The summed E-state index contributed by atoms with van der Waals surface area (Å²) in [7, 11) is 0. The molecule has 0 aliphatic heterocycles. The van der Waals surface area contributed by atoms with Gasteiger partial charge in [0.05, 0.1) is 0 Å². The molecule has 34 heavy (non-hydrogen) atoms. The number of amides is 2. The fraction of sp³-hybridized carbons (Fsp3) is 0.367. The molecule has 1 N–H and O–H groups in total. The number of anilines is 1. The third-order valence-corrected chi connectivity index (χ3v) is 7.71. The Bertz CT molecular complexity index is 1060. The van der Waals surface area contributed by atoms with Crippen LogP contribution in [0.4, 0.5) is 10.5 Å². The molecular weight excluding hydrogens is 436 g/mol. The Balaban J connectivity index is 1.52. The summed E-state index contributed by atoms with van der Waals surface area (Å²) in [4.78, 5) is 18.2. The largest absolute Gasteiger partial charge is 0.322 e. The number of benzene rings is 3. The highest BCUT2D eigenvalue weighted by Crippen LogP contribution is 2.29. The number of carbonyl (C=O) groups is 1. The zero-order valence-electron chi connectivity index (χ0n) is 20.6. The lowest BCUT2D eigenvalue weighted by molar-refractivity contribution is 0.175. The van der Waals surface area contributed by atoms with E-state index in [4.69, 9.17) is 0 Å². The molecule has 4 rings (SSSR count). The van der Waals surface area contributed by atoms with Gasteiger partial charge < -0.3 is 10.2 Å². The highest BCUT2D eigenvalue weighted by Gasteiger charge is 2.25. The third kappa shape index (κ3) is 6.44. The van der Waals surface area contributed by atoms with Crippen LogP contribution in [0.5, 0.6) is 0 Å². The van der Waals surface area contributed by atoms with E-state index in [1.807, 2.05) is 6.07 Å². The van der Waals surface area contributed by atoms with Gasteiger partial charge in [-0.1, -0.05) is 85.5 Å². The lowest BCUT2D eigenvalue weighted by Gasteiger charge is -2.32. The zero-order chi connectivity index (χ0) is 23.9. The van der Waals surface area contributed by atoms with Crippen molar-refractivity contribution < 1.29 is 4.79 Å². The topological polar surface area (TPSA) is 32.3 Å². The molecule has 1 aliphatic rings. The minimum absolute atomic E-state index is 0.0182. The molecule has 0 unspecified atom stereocenters. The quantitative estimate of drug-likeness (QED) is 0.365. The van der Waals surface area contributed by atoms with Crippen LogP contribution in [0.25, 0.3) is 0 Å². The first-order valence-corrected chi connectivity index (χ1v) is 13.3. The first kappa shape index (κ1) is 24.4. The van der Waals surface area contributed by atoms with Crippen molar-refractivity contribution in [2.24, 2.45) is 0 Å². The lowest BCUT2D eigenvalue weighted by atomic mass is 10.0. The molecule has 1 saturated carbocycles. The summed E-state index contributed by atoms with van der Waals surface area (Å²) in [6.07, 6.45) is 7.11. The number of nitrogens with zero attached hydrogens (tertiary/aromatic N) is 1. The number of carbonyl (C=O) groups excluding carboxylic acids is 1. The van der Waals surface area contributed by atoms with Crippen LogP contribution in [-0.2, 0) is 6.54 Å². The van der Waals surface area contributed by atoms with E-state index in [9.17, 15) is 4.79 Å². The summed E-state index contributed by atoms with van der Waals surface area (Å²) in [5.74, 6) is 0. The maximum atomic E-state index is 13.6. The summed E-state index contributed by atoms with van der Waals surface area (Å²) < 4.78 is 0. The monoisotopic (exact) mass is 472 g/mol. The number of nitrogens with one attached hydrogen (secondary N) is 1. The van der Waals surface area contributed by atoms with Crippen LogP contribution >= 0.6 is 11.8 Å². The molecule has 0 spiro atoms. The Morgan fingerprint density at radius 1 is 0.853 bits per heavy atom. The maximum absolute atomic E-state index is 13.6. The molecule has 0 atom stereocenters. The van der Waals surface area contributed by atoms with Crippen LogP contribution in [0.1, 0.15) is 60.8 Å². The Morgan fingerprint density at radius 3 is 2.06 bits per heavy atom. The van der Waals surface area contributed by atoms with Crippen molar-refractivity contribution in [1.29, 1.82) is 0 Å². The van der Waals surface area contributed by atoms with Crippen molar-refractivity contribution in [3.05, 3.63) is 89.0 Å². The average molecular weight is 473 g/mol. The smallest absolute Gasteiger partial charge is 0.317 e. The second-order valence-electron chi connectivity index (χ2n) is 9.54. The van der Waals surface area contributed by atoms with Crippen LogP contribution in [-0.4, -0.2) is 17.0 Å². The van der Waals surface area contributed by atoms with Gasteiger partial charge in [0.1, 0.15) is 0 Å². The van der Waals surface area contributed by atoms with E-state index >= 15 is 0 Å². The molecule has 0 saturated heterocycles. The van der Waals surface area contributed by atoms with Gasteiger partial charge in [-0.25, -0.2) is 4.79 Å². The lowest BCUT2D eigenvalue weighted by Crippen LogP contribution is -2.42. The Morgan fingerprint density at radius 2 is 1.44 bits per heavy atom. The van der Waals surface area contributed by atoms with Crippen LogP contribution < -0.4 is 5.32 Å². The van der Waals surface area contributed by atoms with E-state index in [0.717, 1.165) is 29.7 Å². The molecule has 0 heterocycles. The number of rotatable bonds is 6. The van der Waals surface area contributed by atoms with Crippen molar-refractivity contribution in [2.75, 3.05) is 5.32 Å². The van der Waals surface area contributed by atoms with E-state index in [-0.39, 0.29) is 12.1 Å². The standard InChI is InChI=1S/C30H36N2OS/c1-22-19-23(2)29(24(3)20-22)31-30(33)32(26-11-7-4-5-8-12-26)21-25-15-17-28(18-16-25)34-27-13-9-6-10-14-27/h6,9-10,13-20,26H,4-5,7-8,11-12,21H2,1-3H3,(H,31,33). The number of hydrogen-bond donors (Lipinski definition) is 1. The minimum Gasteiger partial charge on any atom is -0.317 e. The molecule has 1 aliphatic carbocycles. The Hall–Kier alpha value is -2.72. The number of aryl methyl sites for hydroxylation is 3. The van der Waals surface area contributed by atoms with E-state index in [1.165, 1.54) is 46.6 Å². The molecule has 0 aromatic heterocycles. The van der Waals surface area contributed by atoms with Crippen molar-refractivity contribution in [2.45, 2.75) is 81.7 Å². The minimum atomic E-state index is 0.0182. The molecule has 178 valence electrons. The number of urea groups is 1. The molecule has 3 aromatic carbocycles. The van der Waals surface area contributed by atoms with Crippen LogP contribution in [0.2, 0.25) is 0 Å². The van der Waals surface area contributed by atoms with Gasteiger partial charge in [-0.15, -0.1) is 0 Å². The van der Waals surface area contributed by atoms with E-state index in [2.05, 4.69) is 91.7 Å². The molecule has 2 amide bonds. The first-order valence-electron chi connectivity index (χ1n) is 12.5. The van der Waals surface area contributed by atoms with Gasteiger partial charge in [-0.05, 0) is 74.6 Å². The average Bonchev–Trinajstić information content (AvgIpc) is 3.11. The van der Waals surface area contributed by atoms with Crippen molar-refractivity contribution in [3.8, 4) is 0 Å². The second-order valence-corrected chi connectivity index (χ2v) is 10.7. The first-order chi connectivity index (χ1) is 16.5. The predicted molar refractivity (Wildman–Crippen MR) is 144 cm³/mol. The summed E-state index contributed by atoms with van der Waals surface area (Å²) in [6, 6.07) is 23.7. The summed E-state index contributed by atoms with van der Waals surface area (Å²) in [6.45, 7) is 6.89. The van der Waals surface area contributed by atoms with Gasteiger partial charge in [0.15, 0.2) is 0 Å². The van der Waals surface area contributed by atoms with Crippen LogP contribution in [0.3, 0.4) is 0 Å².